The minimum atomic E-state index is -3.19. The fraction of sp³-hybridized carbons (Fsp3) is 0.227. The number of sulfone groups is 1. The number of carbonyl (C=O) groups excluding carboxylic acids is 2. The van der Waals surface area contributed by atoms with Crippen molar-refractivity contribution < 1.29 is 18.0 Å². The van der Waals surface area contributed by atoms with Crippen LogP contribution in [0, 0.1) is 0 Å². The van der Waals surface area contributed by atoms with Crippen LogP contribution >= 0.6 is 35.6 Å². The van der Waals surface area contributed by atoms with Crippen molar-refractivity contribution in [3.8, 4) is 0 Å². The summed E-state index contributed by atoms with van der Waals surface area (Å²) in [7, 11) is -3.19. The van der Waals surface area contributed by atoms with E-state index in [-0.39, 0.29) is 22.3 Å². The summed E-state index contributed by atoms with van der Waals surface area (Å²) in [5, 5.41) is 0.611. The van der Waals surface area contributed by atoms with Crippen LogP contribution in [0.2, 0.25) is 5.02 Å². The Labute approximate surface area is 200 Å². The SMILES string of the molecule is O=C1/C(=C2/SC(=S)N(C3CCS(=O)(=O)C3)C2=O)c2ccccc2N1Cc1ccc(Cl)cc1. The fourth-order valence-electron chi connectivity index (χ4n) is 4.25. The summed E-state index contributed by atoms with van der Waals surface area (Å²) >= 11 is 12.5. The van der Waals surface area contributed by atoms with Crippen LogP contribution in [0.15, 0.2) is 53.4 Å². The molecule has 5 rings (SSSR count). The summed E-state index contributed by atoms with van der Waals surface area (Å²) in [5.41, 5.74) is 2.61. The normalized spacial score (nSPS) is 24.5. The molecule has 3 heterocycles. The van der Waals surface area contributed by atoms with Gasteiger partial charge in [-0.05, 0) is 30.2 Å². The lowest BCUT2D eigenvalue weighted by Gasteiger charge is -2.21. The topological polar surface area (TPSA) is 74.8 Å². The molecule has 0 N–H and O–H groups in total. The number of fused-ring (bicyclic) bond motifs is 1. The third-order valence-electron chi connectivity index (χ3n) is 5.78. The van der Waals surface area contributed by atoms with Crippen molar-refractivity contribution in [3.05, 3.63) is 69.6 Å². The number of thioether (sulfide) groups is 1. The zero-order valence-electron chi connectivity index (χ0n) is 16.7. The largest absolute Gasteiger partial charge is 0.303 e. The Morgan fingerprint density at radius 1 is 1.06 bits per heavy atom. The van der Waals surface area contributed by atoms with Gasteiger partial charge in [0, 0.05) is 10.6 Å². The number of thiocarbonyl (C=S) groups is 1. The maximum atomic E-state index is 13.5. The maximum absolute atomic E-state index is 13.5. The van der Waals surface area contributed by atoms with Crippen LogP contribution in [-0.4, -0.2) is 47.0 Å². The van der Waals surface area contributed by atoms with Crippen molar-refractivity contribution in [1.82, 2.24) is 4.90 Å². The zero-order valence-corrected chi connectivity index (χ0v) is 19.9. The third kappa shape index (κ3) is 3.67. The van der Waals surface area contributed by atoms with Gasteiger partial charge in [-0.25, -0.2) is 8.42 Å². The minimum Gasteiger partial charge on any atom is -0.303 e. The molecule has 2 saturated heterocycles. The first-order chi connectivity index (χ1) is 15.2. The van der Waals surface area contributed by atoms with E-state index in [4.69, 9.17) is 23.8 Å². The number of anilines is 1. The van der Waals surface area contributed by atoms with E-state index in [1.54, 1.807) is 17.0 Å². The molecule has 10 heteroatoms. The first-order valence-electron chi connectivity index (χ1n) is 9.91. The van der Waals surface area contributed by atoms with E-state index in [0.717, 1.165) is 23.0 Å². The Balaban J connectivity index is 1.53. The highest BCUT2D eigenvalue weighted by Crippen LogP contribution is 2.46. The van der Waals surface area contributed by atoms with Gasteiger partial charge in [0.1, 0.15) is 4.32 Å². The molecule has 0 radical (unpaired) electrons. The quantitative estimate of drug-likeness (QED) is 0.469. The molecule has 3 aliphatic heterocycles. The highest BCUT2D eigenvalue weighted by molar-refractivity contribution is 8.26. The van der Waals surface area contributed by atoms with Gasteiger partial charge in [0.15, 0.2) is 9.84 Å². The van der Waals surface area contributed by atoms with Crippen LogP contribution < -0.4 is 4.90 Å². The van der Waals surface area contributed by atoms with E-state index >= 15 is 0 Å². The van der Waals surface area contributed by atoms with Crippen LogP contribution in [0.25, 0.3) is 5.57 Å². The minimum absolute atomic E-state index is 0.0390. The molecule has 32 heavy (non-hydrogen) atoms. The number of rotatable bonds is 3. The second-order valence-electron chi connectivity index (χ2n) is 7.84. The number of benzene rings is 2. The standard InChI is InChI=1S/C22H17ClN2O4S3/c23-14-7-5-13(6-8-14)11-24-17-4-2-1-3-16(17)18(20(24)26)19-21(27)25(22(30)31-19)15-9-10-32(28,29)12-15/h1-8,15H,9-12H2/b19-18+. The monoisotopic (exact) mass is 504 g/mol. The summed E-state index contributed by atoms with van der Waals surface area (Å²) in [5.74, 6) is -0.735. The molecular weight excluding hydrogens is 488 g/mol. The first kappa shape index (κ1) is 21.6. The van der Waals surface area contributed by atoms with Gasteiger partial charge in [-0.3, -0.25) is 14.5 Å². The van der Waals surface area contributed by atoms with E-state index in [0.29, 0.717) is 33.4 Å². The van der Waals surface area contributed by atoms with Crippen LogP contribution in [0.1, 0.15) is 17.5 Å². The Kier molecular flexibility index (Phi) is 5.40. The van der Waals surface area contributed by atoms with Gasteiger partial charge < -0.3 is 4.90 Å². The van der Waals surface area contributed by atoms with Crippen molar-refractivity contribution in [3.63, 3.8) is 0 Å². The molecule has 1 atom stereocenters. The number of para-hydroxylation sites is 1. The maximum Gasteiger partial charge on any atom is 0.267 e. The van der Waals surface area contributed by atoms with Crippen molar-refractivity contribution in [2.24, 2.45) is 0 Å². The number of hydrogen-bond acceptors (Lipinski definition) is 6. The Hall–Kier alpha value is -2.20. The predicted octanol–water partition coefficient (Wildman–Crippen LogP) is 3.65. The molecule has 1 unspecified atom stereocenters. The summed E-state index contributed by atoms with van der Waals surface area (Å²) < 4.78 is 24.2. The van der Waals surface area contributed by atoms with Crippen LogP contribution in [0.5, 0.6) is 0 Å². The molecule has 2 fully saturated rings. The highest BCUT2D eigenvalue weighted by Gasteiger charge is 2.46. The van der Waals surface area contributed by atoms with Gasteiger partial charge in [-0.15, -0.1) is 0 Å². The lowest BCUT2D eigenvalue weighted by Crippen LogP contribution is -2.39. The Morgan fingerprint density at radius 2 is 1.78 bits per heavy atom. The third-order valence-corrected chi connectivity index (χ3v) is 9.18. The molecule has 0 aromatic heterocycles. The summed E-state index contributed by atoms with van der Waals surface area (Å²) in [6.45, 7) is 0.331. The molecule has 0 aliphatic carbocycles. The van der Waals surface area contributed by atoms with Gasteiger partial charge in [-0.1, -0.05) is 65.9 Å². The molecular formula is C22H17ClN2O4S3. The second kappa shape index (κ2) is 7.98. The number of halogens is 1. The molecule has 2 amide bonds. The zero-order chi connectivity index (χ0) is 22.6. The van der Waals surface area contributed by atoms with Crippen LogP contribution in [0.4, 0.5) is 5.69 Å². The molecule has 3 aliphatic rings. The van der Waals surface area contributed by atoms with Crippen molar-refractivity contribution >= 4 is 72.8 Å². The molecule has 0 bridgehead atoms. The lowest BCUT2D eigenvalue weighted by molar-refractivity contribution is -0.123. The predicted molar refractivity (Wildman–Crippen MR) is 130 cm³/mol. The molecule has 6 nitrogen and oxygen atoms in total. The van der Waals surface area contributed by atoms with E-state index in [9.17, 15) is 18.0 Å². The second-order valence-corrected chi connectivity index (χ2v) is 12.1. The smallest absolute Gasteiger partial charge is 0.267 e. The average Bonchev–Trinajstić information content (AvgIpc) is 3.35. The van der Waals surface area contributed by atoms with Crippen LogP contribution in [0.3, 0.4) is 0 Å². The summed E-state index contributed by atoms with van der Waals surface area (Å²) in [4.78, 5) is 30.1. The van der Waals surface area contributed by atoms with Gasteiger partial charge in [0.2, 0.25) is 0 Å². The van der Waals surface area contributed by atoms with Gasteiger partial charge in [0.05, 0.1) is 40.3 Å². The van der Waals surface area contributed by atoms with Crippen LogP contribution in [-0.2, 0) is 26.0 Å². The first-order valence-corrected chi connectivity index (χ1v) is 13.3. The summed E-state index contributed by atoms with van der Waals surface area (Å²) in [6, 6.07) is 14.1. The van der Waals surface area contributed by atoms with Gasteiger partial charge >= 0.3 is 0 Å². The van der Waals surface area contributed by atoms with E-state index in [1.807, 2.05) is 36.4 Å². The molecule has 164 valence electrons. The van der Waals surface area contributed by atoms with Gasteiger partial charge in [0.25, 0.3) is 11.8 Å². The van der Waals surface area contributed by atoms with Crippen molar-refractivity contribution in [2.45, 2.75) is 19.0 Å². The van der Waals surface area contributed by atoms with E-state index in [2.05, 4.69) is 0 Å². The number of carbonyl (C=O) groups is 2. The van der Waals surface area contributed by atoms with E-state index in [1.165, 1.54) is 4.90 Å². The summed E-state index contributed by atoms with van der Waals surface area (Å²) in [6.07, 6.45) is 0.352. The number of amides is 2. The number of hydrogen-bond donors (Lipinski definition) is 0. The van der Waals surface area contributed by atoms with E-state index < -0.39 is 21.8 Å². The Bertz CT molecular complexity index is 1300. The van der Waals surface area contributed by atoms with Crippen molar-refractivity contribution in [2.75, 3.05) is 16.4 Å². The Morgan fingerprint density at radius 3 is 2.47 bits per heavy atom. The molecule has 0 spiro atoms. The molecule has 2 aromatic rings. The van der Waals surface area contributed by atoms with Crippen molar-refractivity contribution in [1.29, 1.82) is 0 Å². The highest BCUT2D eigenvalue weighted by atomic mass is 35.5. The number of nitrogens with zero attached hydrogens (tertiary/aromatic N) is 2. The lowest BCUT2D eigenvalue weighted by atomic mass is 10.1. The fourth-order valence-corrected chi connectivity index (χ4v) is 7.55. The average molecular weight is 505 g/mol. The molecule has 2 aromatic carbocycles. The van der Waals surface area contributed by atoms with Gasteiger partial charge in [-0.2, -0.15) is 0 Å². The molecule has 0 saturated carbocycles.